The SMILES string of the molecule is Cc1ccccc1C=CC=C1C(=O)NN(c2ccccc2)C1=O. The summed E-state index contributed by atoms with van der Waals surface area (Å²) in [6.45, 7) is 2.01. The van der Waals surface area contributed by atoms with Gasteiger partial charge in [0.2, 0.25) is 0 Å². The summed E-state index contributed by atoms with van der Waals surface area (Å²) in [5, 5.41) is 1.26. The molecule has 1 heterocycles. The third-order valence-corrected chi connectivity index (χ3v) is 3.63. The molecule has 0 aliphatic carbocycles. The number of allylic oxidation sites excluding steroid dienone is 2. The van der Waals surface area contributed by atoms with Gasteiger partial charge in [-0.15, -0.1) is 0 Å². The second-order valence-corrected chi connectivity index (χ2v) is 5.21. The van der Waals surface area contributed by atoms with Gasteiger partial charge in [0.05, 0.1) is 5.69 Å². The van der Waals surface area contributed by atoms with E-state index >= 15 is 0 Å². The molecule has 0 saturated carbocycles. The number of nitrogens with zero attached hydrogens (tertiary/aromatic N) is 1. The number of aryl methyl sites for hydroxylation is 1. The van der Waals surface area contributed by atoms with E-state index in [9.17, 15) is 9.59 Å². The summed E-state index contributed by atoms with van der Waals surface area (Å²) in [4.78, 5) is 24.4. The van der Waals surface area contributed by atoms with Crippen LogP contribution in [0.1, 0.15) is 11.1 Å². The largest absolute Gasteiger partial charge is 0.282 e. The number of nitrogens with one attached hydrogen (secondary N) is 1. The molecule has 2 aromatic carbocycles. The highest BCUT2D eigenvalue weighted by Crippen LogP contribution is 2.19. The lowest BCUT2D eigenvalue weighted by Gasteiger charge is -2.13. The van der Waals surface area contributed by atoms with Crippen molar-refractivity contribution in [2.75, 3.05) is 5.01 Å². The number of benzene rings is 2. The van der Waals surface area contributed by atoms with E-state index in [2.05, 4.69) is 5.43 Å². The van der Waals surface area contributed by atoms with E-state index in [-0.39, 0.29) is 11.5 Å². The lowest BCUT2D eigenvalue weighted by atomic mass is 10.1. The number of hydrogen-bond donors (Lipinski definition) is 1. The third kappa shape index (κ3) is 3.06. The maximum atomic E-state index is 12.4. The van der Waals surface area contributed by atoms with E-state index in [1.807, 2.05) is 55.5 Å². The van der Waals surface area contributed by atoms with E-state index in [1.165, 1.54) is 5.01 Å². The van der Waals surface area contributed by atoms with Crippen LogP contribution in [0.3, 0.4) is 0 Å². The zero-order valence-corrected chi connectivity index (χ0v) is 12.7. The van der Waals surface area contributed by atoms with Gasteiger partial charge >= 0.3 is 0 Å². The normalized spacial score (nSPS) is 16.4. The van der Waals surface area contributed by atoms with Gasteiger partial charge in [0, 0.05) is 0 Å². The Labute approximate surface area is 134 Å². The number of carbonyl (C=O) groups is 2. The number of anilines is 1. The molecule has 0 unspecified atom stereocenters. The Hall–Kier alpha value is -3.14. The summed E-state index contributed by atoms with van der Waals surface area (Å²) in [5.41, 5.74) is 5.52. The van der Waals surface area contributed by atoms with Crippen molar-refractivity contribution in [1.82, 2.24) is 5.43 Å². The first-order valence-electron chi connectivity index (χ1n) is 7.31. The predicted octanol–water partition coefficient (Wildman–Crippen LogP) is 3.01. The second kappa shape index (κ2) is 6.32. The van der Waals surface area contributed by atoms with Crippen LogP contribution in [0.5, 0.6) is 0 Å². The topological polar surface area (TPSA) is 49.4 Å². The minimum absolute atomic E-state index is 0.124. The van der Waals surface area contributed by atoms with Gasteiger partial charge in [-0.25, -0.2) is 5.01 Å². The smallest absolute Gasteiger partial charge is 0.267 e. The van der Waals surface area contributed by atoms with E-state index in [0.717, 1.165) is 11.1 Å². The third-order valence-electron chi connectivity index (χ3n) is 3.63. The first-order valence-corrected chi connectivity index (χ1v) is 7.31. The van der Waals surface area contributed by atoms with Gasteiger partial charge in [-0.3, -0.25) is 15.0 Å². The summed E-state index contributed by atoms with van der Waals surface area (Å²) < 4.78 is 0. The van der Waals surface area contributed by atoms with E-state index in [0.29, 0.717) is 5.69 Å². The summed E-state index contributed by atoms with van der Waals surface area (Å²) in [6.07, 6.45) is 5.16. The van der Waals surface area contributed by atoms with Crippen molar-refractivity contribution in [3.8, 4) is 0 Å². The quantitative estimate of drug-likeness (QED) is 0.700. The average Bonchev–Trinajstić information content (AvgIpc) is 2.85. The van der Waals surface area contributed by atoms with Crippen LogP contribution in [0, 0.1) is 6.92 Å². The van der Waals surface area contributed by atoms with Crippen molar-refractivity contribution in [3.63, 3.8) is 0 Å². The number of amides is 2. The van der Waals surface area contributed by atoms with Crippen LogP contribution in [-0.4, -0.2) is 11.8 Å². The number of hydrogen-bond acceptors (Lipinski definition) is 2. The molecule has 114 valence electrons. The molecule has 4 nitrogen and oxygen atoms in total. The Morgan fingerprint density at radius 3 is 2.39 bits per heavy atom. The van der Waals surface area contributed by atoms with Gasteiger partial charge < -0.3 is 0 Å². The van der Waals surface area contributed by atoms with Gasteiger partial charge in [0.15, 0.2) is 0 Å². The Balaban J connectivity index is 1.82. The molecule has 4 heteroatoms. The van der Waals surface area contributed by atoms with Crippen LogP contribution in [0.15, 0.2) is 72.3 Å². The van der Waals surface area contributed by atoms with Crippen LogP contribution in [0.4, 0.5) is 5.69 Å². The minimum Gasteiger partial charge on any atom is -0.267 e. The Kier molecular flexibility index (Phi) is 4.06. The van der Waals surface area contributed by atoms with Crippen LogP contribution < -0.4 is 10.4 Å². The molecule has 23 heavy (non-hydrogen) atoms. The Bertz CT molecular complexity index is 807. The summed E-state index contributed by atoms with van der Waals surface area (Å²) in [6, 6.07) is 16.9. The molecule has 0 bridgehead atoms. The number of rotatable bonds is 3. The van der Waals surface area contributed by atoms with Crippen LogP contribution in [0.2, 0.25) is 0 Å². The van der Waals surface area contributed by atoms with E-state index in [4.69, 9.17) is 0 Å². The molecule has 0 atom stereocenters. The van der Waals surface area contributed by atoms with Crippen molar-refractivity contribution in [1.29, 1.82) is 0 Å². The van der Waals surface area contributed by atoms with Gasteiger partial charge in [0.1, 0.15) is 5.57 Å². The van der Waals surface area contributed by atoms with Crippen molar-refractivity contribution in [3.05, 3.63) is 83.4 Å². The number of para-hydroxylation sites is 1. The Morgan fingerprint density at radius 2 is 1.65 bits per heavy atom. The maximum Gasteiger partial charge on any atom is 0.282 e. The highest BCUT2D eigenvalue weighted by Gasteiger charge is 2.33. The molecule has 0 spiro atoms. The first kappa shape index (κ1) is 14.8. The van der Waals surface area contributed by atoms with Crippen LogP contribution in [-0.2, 0) is 9.59 Å². The van der Waals surface area contributed by atoms with Gasteiger partial charge in [0.25, 0.3) is 11.8 Å². The fourth-order valence-electron chi connectivity index (χ4n) is 2.36. The summed E-state index contributed by atoms with van der Waals surface area (Å²) in [7, 11) is 0. The molecular weight excluding hydrogens is 288 g/mol. The summed E-state index contributed by atoms with van der Waals surface area (Å²) >= 11 is 0. The lowest BCUT2D eigenvalue weighted by molar-refractivity contribution is -0.117. The molecule has 1 aliphatic heterocycles. The predicted molar refractivity (Wildman–Crippen MR) is 90.4 cm³/mol. The molecular formula is C19H16N2O2. The minimum atomic E-state index is -0.395. The molecule has 3 rings (SSSR count). The zero-order chi connectivity index (χ0) is 16.2. The summed E-state index contributed by atoms with van der Waals surface area (Å²) in [5.74, 6) is -0.746. The first-order chi connectivity index (χ1) is 11.2. The highest BCUT2D eigenvalue weighted by atomic mass is 16.2. The number of carbonyl (C=O) groups excluding carboxylic acids is 2. The maximum absolute atomic E-state index is 12.4. The number of hydrazine groups is 1. The fraction of sp³-hybridized carbons (Fsp3) is 0.0526. The fourth-order valence-corrected chi connectivity index (χ4v) is 2.36. The molecule has 0 radical (unpaired) electrons. The van der Waals surface area contributed by atoms with E-state index < -0.39 is 5.91 Å². The Morgan fingerprint density at radius 1 is 0.957 bits per heavy atom. The molecule has 1 N–H and O–H groups in total. The lowest BCUT2D eigenvalue weighted by Crippen LogP contribution is -2.35. The average molecular weight is 304 g/mol. The van der Waals surface area contributed by atoms with Gasteiger partial charge in [-0.05, 0) is 36.3 Å². The van der Waals surface area contributed by atoms with Crippen molar-refractivity contribution >= 4 is 23.6 Å². The zero-order valence-electron chi connectivity index (χ0n) is 12.7. The highest BCUT2D eigenvalue weighted by molar-refractivity contribution is 6.29. The molecule has 2 aromatic rings. The standard InChI is InChI=1S/C19H16N2O2/c1-14-8-5-6-9-15(14)10-7-13-17-18(22)20-21(19(17)23)16-11-3-2-4-12-16/h2-13H,1H3,(H,20,22). The van der Waals surface area contributed by atoms with Gasteiger partial charge in [-0.1, -0.05) is 54.6 Å². The molecule has 0 aromatic heterocycles. The monoisotopic (exact) mass is 304 g/mol. The van der Waals surface area contributed by atoms with Crippen LogP contribution in [0.25, 0.3) is 6.08 Å². The molecule has 1 fully saturated rings. The van der Waals surface area contributed by atoms with E-state index in [1.54, 1.807) is 24.3 Å². The van der Waals surface area contributed by atoms with Crippen molar-refractivity contribution < 1.29 is 9.59 Å². The van der Waals surface area contributed by atoms with Crippen LogP contribution >= 0.6 is 0 Å². The molecule has 1 aliphatic rings. The van der Waals surface area contributed by atoms with Crippen molar-refractivity contribution in [2.45, 2.75) is 6.92 Å². The second-order valence-electron chi connectivity index (χ2n) is 5.21. The molecule has 2 amide bonds. The van der Waals surface area contributed by atoms with Gasteiger partial charge in [-0.2, -0.15) is 0 Å². The molecule has 1 saturated heterocycles. The van der Waals surface area contributed by atoms with Crippen molar-refractivity contribution in [2.24, 2.45) is 0 Å².